The predicted octanol–water partition coefficient (Wildman–Crippen LogP) is 0.980. The zero-order valence-electron chi connectivity index (χ0n) is 8.37. The van der Waals surface area contributed by atoms with Gasteiger partial charge in [0, 0.05) is 12.2 Å². The Hall–Kier alpha value is -1.26. The monoisotopic (exact) mass is 211 g/mol. The third-order valence-electron chi connectivity index (χ3n) is 1.96. The lowest BCUT2D eigenvalue weighted by molar-refractivity contribution is 0.0990. The Morgan fingerprint density at radius 3 is 2.60 bits per heavy atom. The van der Waals surface area contributed by atoms with Crippen molar-refractivity contribution in [1.82, 2.24) is 5.32 Å². The van der Waals surface area contributed by atoms with Gasteiger partial charge in [0.25, 0.3) is 0 Å². The predicted molar refractivity (Wildman–Crippen MR) is 55.3 cm³/mol. The fourth-order valence-corrected chi connectivity index (χ4v) is 1.14. The average Bonchev–Trinajstić information content (AvgIpc) is 2.25. The summed E-state index contributed by atoms with van der Waals surface area (Å²) in [5, 5.41) is 11.4. The van der Waals surface area contributed by atoms with Gasteiger partial charge in [-0.25, -0.2) is 4.39 Å². The van der Waals surface area contributed by atoms with Gasteiger partial charge in [-0.2, -0.15) is 0 Å². The number of rotatable bonds is 6. The molecule has 0 saturated heterocycles. The minimum absolute atomic E-state index is 0.0760. The molecule has 0 bridgehead atoms. The van der Waals surface area contributed by atoms with Crippen molar-refractivity contribution in [2.24, 2.45) is 0 Å². The van der Waals surface area contributed by atoms with Crippen molar-refractivity contribution in [3.8, 4) is 0 Å². The summed E-state index contributed by atoms with van der Waals surface area (Å²) in [5.41, 5.74) is 0.493. The molecular formula is C11H14FNO2. The van der Waals surface area contributed by atoms with Crippen molar-refractivity contribution in [2.45, 2.75) is 6.42 Å². The molecule has 2 N–H and O–H groups in total. The Labute approximate surface area is 87.9 Å². The van der Waals surface area contributed by atoms with E-state index in [-0.39, 0.29) is 24.8 Å². The third-order valence-corrected chi connectivity index (χ3v) is 1.96. The van der Waals surface area contributed by atoms with Crippen molar-refractivity contribution in [2.75, 3.05) is 19.7 Å². The molecule has 0 atom stereocenters. The minimum Gasteiger partial charge on any atom is -0.396 e. The lowest BCUT2D eigenvalue weighted by atomic mass is 10.1. The Morgan fingerprint density at radius 2 is 2.00 bits per heavy atom. The standard InChI is InChI=1S/C11H14FNO2/c12-10-4-2-9(3-5-10)11(15)8-13-6-1-7-14/h2-5,13-14H,1,6-8H2. The fourth-order valence-electron chi connectivity index (χ4n) is 1.14. The lowest BCUT2D eigenvalue weighted by Crippen LogP contribution is -2.24. The van der Waals surface area contributed by atoms with Crippen LogP contribution in [0.25, 0.3) is 0 Å². The number of hydrogen-bond donors (Lipinski definition) is 2. The molecular weight excluding hydrogens is 197 g/mol. The topological polar surface area (TPSA) is 49.3 Å². The summed E-state index contributed by atoms with van der Waals surface area (Å²) in [6.07, 6.45) is 0.622. The Kier molecular flexibility index (Phi) is 4.93. The molecule has 0 heterocycles. The number of Topliss-reactive ketones (excluding diaryl/α,β-unsaturated/α-hetero) is 1. The summed E-state index contributed by atoms with van der Waals surface area (Å²) in [7, 11) is 0. The zero-order valence-corrected chi connectivity index (χ0v) is 8.37. The number of aliphatic hydroxyl groups excluding tert-OH is 1. The molecule has 0 saturated carbocycles. The van der Waals surface area contributed by atoms with Gasteiger partial charge in [-0.1, -0.05) is 0 Å². The summed E-state index contributed by atoms with van der Waals surface area (Å²) >= 11 is 0. The van der Waals surface area contributed by atoms with Gasteiger partial charge in [-0.05, 0) is 37.2 Å². The van der Waals surface area contributed by atoms with Crippen LogP contribution in [0, 0.1) is 5.82 Å². The molecule has 0 aromatic heterocycles. The molecule has 1 rings (SSSR count). The van der Waals surface area contributed by atoms with Crippen LogP contribution in [0.5, 0.6) is 0 Å². The summed E-state index contributed by atoms with van der Waals surface area (Å²) in [5.74, 6) is -0.423. The SMILES string of the molecule is O=C(CNCCCO)c1ccc(F)cc1. The number of ketones is 1. The zero-order chi connectivity index (χ0) is 11.1. The van der Waals surface area contributed by atoms with Gasteiger partial charge in [0.2, 0.25) is 0 Å². The van der Waals surface area contributed by atoms with E-state index in [0.717, 1.165) is 0 Å². The third kappa shape index (κ3) is 4.18. The number of carbonyl (C=O) groups is 1. The number of halogens is 1. The molecule has 1 aromatic carbocycles. The average molecular weight is 211 g/mol. The van der Waals surface area contributed by atoms with Crippen LogP contribution >= 0.6 is 0 Å². The number of benzene rings is 1. The summed E-state index contributed by atoms with van der Waals surface area (Å²) in [6.45, 7) is 0.923. The van der Waals surface area contributed by atoms with Gasteiger partial charge < -0.3 is 10.4 Å². The molecule has 0 unspecified atom stereocenters. The van der Waals surface area contributed by atoms with E-state index < -0.39 is 0 Å². The van der Waals surface area contributed by atoms with E-state index in [1.807, 2.05) is 0 Å². The molecule has 0 radical (unpaired) electrons. The Bertz CT molecular complexity index is 311. The first-order valence-electron chi connectivity index (χ1n) is 4.84. The van der Waals surface area contributed by atoms with Gasteiger partial charge in [0.1, 0.15) is 5.82 Å². The van der Waals surface area contributed by atoms with E-state index in [9.17, 15) is 9.18 Å². The molecule has 0 spiro atoms. The molecule has 15 heavy (non-hydrogen) atoms. The quantitative estimate of drug-likeness (QED) is 0.544. The van der Waals surface area contributed by atoms with Gasteiger partial charge in [-0.3, -0.25) is 4.79 Å². The Morgan fingerprint density at radius 1 is 1.33 bits per heavy atom. The van der Waals surface area contributed by atoms with Crippen LogP contribution in [0.4, 0.5) is 4.39 Å². The summed E-state index contributed by atoms with van der Waals surface area (Å²) in [6, 6.07) is 5.46. The maximum Gasteiger partial charge on any atom is 0.176 e. The second-order valence-corrected chi connectivity index (χ2v) is 3.18. The van der Waals surface area contributed by atoms with E-state index in [1.54, 1.807) is 0 Å². The van der Waals surface area contributed by atoms with Crippen LogP contribution in [-0.4, -0.2) is 30.6 Å². The van der Waals surface area contributed by atoms with Crippen molar-refractivity contribution in [1.29, 1.82) is 0 Å². The van der Waals surface area contributed by atoms with Crippen LogP contribution in [0.2, 0.25) is 0 Å². The first-order chi connectivity index (χ1) is 7.24. The van der Waals surface area contributed by atoms with Crippen molar-refractivity contribution < 1.29 is 14.3 Å². The van der Waals surface area contributed by atoms with Crippen LogP contribution in [-0.2, 0) is 0 Å². The van der Waals surface area contributed by atoms with E-state index in [1.165, 1.54) is 24.3 Å². The minimum atomic E-state index is -0.347. The van der Waals surface area contributed by atoms with E-state index >= 15 is 0 Å². The largest absolute Gasteiger partial charge is 0.396 e. The molecule has 0 aliphatic rings. The molecule has 3 nitrogen and oxygen atoms in total. The molecule has 0 fully saturated rings. The van der Waals surface area contributed by atoms with Gasteiger partial charge >= 0.3 is 0 Å². The highest BCUT2D eigenvalue weighted by molar-refractivity contribution is 5.97. The first-order valence-corrected chi connectivity index (χ1v) is 4.84. The highest BCUT2D eigenvalue weighted by Gasteiger charge is 2.04. The molecule has 0 amide bonds. The lowest BCUT2D eigenvalue weighted by Gasteiger charge is -2.02. The number of aliphatic hydroxyl groups is 1. The van der Waals surface area contributed by atoms with Crippen LogP contribution < -0.4 is 5.32 Å². The van der Waals surface area contributed by atoms with Crippen LogP contribution in [0.3, 0.4) is 0 Å². The molecule has 0 aliphatic carbocycles. The van der Waals surface area contributed by atoms with Gasteiger partial charge in [0.15, 0.2) is 5.78 Å². The maximum atomic E-state index is 12.5. The molecule has 4 heteroatoms. The van der Waals surface area contributed by atoms with E-state index in [0.29, 0.717) is 18.5 Å². The molecule has 82 valence electrons. The molecule has 0 aliphatic heterocycles. The number of carbonyl (C=O) groups excluding carboxylic acids is 1. The first kappa shape index (κ1) is 11.8. The fraction of sp³-hybridized carbons (Fsp3) is 0.364. The van der Waals surface area contributed by atoms with Crippen molar-refractivity contribution in [3.05, 3.63) is 35.6 Å². The second-order valence-electron chi connectivity index (χ2n) is 3.18. The summed E-state index contributed by atoms with van der Waals surface area (Å²) in [4.78, 5) is 11.5. The highest BCUT2D eigenvalue weighted by Crippen LogP contribution is 2.02. The highest BCUT2D eigenvalue weighted by atomic mass is 19.1. The van der Waals surface area contributed by atoms with Crippen LogP contribution in [0.15, 0.2) is 24.3 Å². The molecule has 1 aromatic rings. The van der Waals surface area contributed by atoms with Gasteiger partial charge in [-0.15, -0.1) is 0 Å². The van der Waals surface area contributed by atoms with Crippen LogP contribution in [0.1, 0.15) is 16.8 Å². The number of nitrogens with one attached hydrogen (secondary N) is 1. The maximum absolute atomic E-state index is 12.5. The van der Waals surface area contributed by atoms with Crippen molar-refractivity contribution in [3.63, 3.8) is 0 Å². The van der Waals surface area contributed by atoms with E-state index in [2.05, 4.69) is 5.32 Å². The second kappa shape index (κ2) is 6.27. The normalized spacial score (nSPS) is 10.3. The number of hydrogen-bond acceptors (Lipinski definition) is 3. The summed E-state index contributed by atoms with van der Waals surface area (Å²) < 4.78 is 12.5. The van der Waals surface area contributed by atoms with Crippen molar-refractivity contribution >= 4 is 5.78 Å². The Balaban J connectivity index is 2.37. The van der Waals surface area contributed by atoms with E-state index in [4.69, 9.17) is 5.11 Å². The van der Waals surface area contributed by atoms with Gasteiger partial charge in [0.05, 0.1) is 6.54 Å². The smallest absolute Gasteiger partial charge is 0.176 e.